The molecule has 8 nitrogen and oxygen atoms in total. The first-order chi connectivity index (χ1) is 13.1. The van der Waals surface area contributed by atoms with Crippen molar-refractivity contribution in [1.82, 2.24) is 24.5 Å². The van der Waals surface area contributed by atoms with E-state index in [-0.39, 0.29) is 11.6 Å². The van der Waals surface area contributed by atoms with E-state index in [1.54, 1.807) is 30.1 Å². The molecule has 0 N–H and O–H groups in total. The monoisotopic (exact) mass is 363 g/mol. The fourth-order valence-electron chi connectivity index (χ4n) is 3.39. The average Bonchev–Trinajstić information content (AvgIpc) is 2.71. The molecule has 8 heteroatoms. The second-order valence-electron chi connectivity index (χ2n) is 6.63. The molecule has 3 aromatic heterocycles. The third-order valence-corrected chi connectivity index (χ3v) is 4.85. The first kappa shape index (κ1) is 17.1. The quantitative estimate of drug-likeness (QED) is 0.695. The molecule has 0 aliphatic carbocycles. The van der Waals surface area contributed by atoms with Crippen LogP contribution in [-0.4, -0.2) is 50.2 Å². The molecular weight excluding hydrogens is 342 g/mol. The minimum absolute atomic E-state index is 0.101. The van der Waals surface area contributed by atoms with Gasteiger partial charge in [-0.25, -0.2) is 15.0 Å². The molecule has 0 radical (unpaired) electrons. The molecule has 1 aliphatic heterocycles. The summed E-state index contributed by atoms with van der Waals surface area (Å²) in [6, 6.07) is 7.48. The van der Waals surface area contributed by atoms with Gasteiger partial charge in [0.15, 0.2) is 0 Å². The van der Waals surface area contributed by atoms with Gasteiger partial charge in [-0.2, -0.15) is 0 Å². The molecule has 27 heavy (non-hydrogen) atoms. The van der Waals surface area contributed by atoms with Gasteiger partial charge in [-0.3, -0.25) is 14.3 Å². The van der Waals surface area contributed by atoms with Crippen LogP contribution in [0.4, 0.5) is 11.6 Å². The van der Waals surface area contributed by atoms with Crippen molar-refractivity contribution in [3.63, 3.8) is 0 Å². The van der Waals surface area contributed by atoms with E-state index in [1.807, 2.05) is 12.3 Å². The minimum atomic E-state index is -0.101. The van der Waals surface area contributed by atoms with Crippen LogP contribution in [0.1, 0.15) is 6.92 Å². The van der Waals surface area contributed by atoms with Crippen LogP contribution in [0.2, 0.25) is 0 Å². The second-order valence-corrected chi connectivity index (χ2v) is 6.63. The van der Waals surface area contributed by atoms with Crippen LogP contribution in [0.25, 0.3) is 11.4 Å². The predicted molar refractivity (Wildman–Crippen MR) is 104 cm³/mol. The number of nitrogens with zero attached hydrogens (tertiary/aromatic N) is 7. The smallest absolute Gasteiger partial charge is 0.255 e. The molecule has 1 fully saturated rings. The fraction of sp³-hybridized carbons (Fsp3) is 0.316. The fourth-order valence-corrected chi connectivity index (χ4v) is 3.39. The van der Waals surface area contributed by atoms with E-state index in [4.69, 9.17) is 4.98 Å². The van der Waals surface area contributed by atoms with Crippen molar-refractivity contribution in [3.8, 4) is 11.4 Å². The summed E-state index contributed by atoms with van der Waals surface area (Å²) in [4.78, 5) is 34.1. The molecule has 0 spiro atoms. The Bertz CT molecular complexity index is 974. The number of anilines is 2. The lowest BCUT2D eigenvalue weighted by atomic mass is 10.2. The van der Waals surface area contributed by atoms with E-state index >= 15 is 0 Å². The average molecular weight is 363 g/mol. The molecule has 0 saturated carbocycles. The molecule has 3 aromatic rings. The highest BCUT2D eigenvalue weighted by Crippen LogP contribution is 2.23. The molecule has 4 heterocycles. The number of pyridine rings is 1. The summed E-state index contributed by atoms with van der Waals surface area (Å²) in [5.41, 5.74) is 2.22. The molecule has 0 aromatic carbocycles. The lowest BCUT2D eigenvalue weighted by molar-refractivity contribution is 0.529. The third-order valence-electron chi connectivity index (χ3n) is 4.85. The highest BCUT2D eigenvalue weighted by atomic mass is 16.1. The standard InChI is InChI=1S/C19H21N7O/c1-14-12-25(15-4-3-6-20-11-15)8-9-26(14)19-23-17(10-18(27)24(19)2)16-5-7-21-13-22-16/h3-7,10-11,13-14H,8-9,12H2,1-2H3/t14-/m1/s1. The van der Waals surface area contributed by atoms with Gasteiger partial charge in [0.1, 0.15) is 6.33 Å². The summed E-state index contributed by atoms with van der Waals surface area (Å²) in [6.07, 6.45) is 6.77. The van der Waals surface area contributed by atoms with Gasteiger partial charge in [-0.15, -0.1) is 0 Å². The van der Waals surface area contributed by atoms with Crippen LogP contribution in [0.3, 0.4) is 0 Å². The van der Waals surface area contributed by atoms with Gasteiger partial charge in [0.2, 0.25) is 5.95 Å². The van der Waals surface area contributed by atoms with E-state index in [2.05, 4.69) is 37.7 Å². The normalized spacial score (nSPS) is 17.2. The van der Waals surface area contributed by atoms with Crippen molar-refractivity contribution in [2.24, 2.45) is 7.05 Å². The second kappa shape index (κ2) is 7.14. The highest BCUT2D eigenvalue weighted by Gasteiger charge is 2.27. The van der Waals surface area contributed by atoms with Crippen molar-refractivity contribution in [2.45, 2.75) is 13.0 Å². The van der Waals surface area contributed by atoms with Gasteiger partial charge in [0.05, 0.1) is 23.3 Å². The van der Waals surface area contributed by atoms with E-state index in [9.17, 15) is 4.79 Å². The zero-order valence-corrected chi connectivity index (χ0v) is 15.4. The zero-order valence-electron chi connectivity index (χ0n) is 15.4. The maximum atomic E-state index is 12.5. The van der Waals surface area contributed by atoms with Crippen molar-refractivity contribution in [3.05, 3.63) is 59.5 Å². The highest BCUT2D eigenvalue weighted by molar-refractivity contribution is 5.56. The summed E-state index contributed by atoms with van der Waals surface area (Å²) < 4.78 is 1.60. The van der Waals surface area contributed by atoms with E-state index in [1.165, 1.54) is 12.4 Å². The number of piperazine rings is 1. The first-order valence-electron chi connectivity index (χ1n) is 8.89. The Kier molecular flexibility index (Phi) is 4.53. The molecule has 1 saturated heterocycles. The molecular formula is C19H21N7O. The Balaban J connectivity index is 1.64. The number of aromatic nitrogens is 5. The molecule has 1 aliphatic rings. The van der Waals surface area contributed by atoms with Crippen LogP contribution in [0.5, 0.6) is 0 Å². The molecule has 0 unspecified atom stereocenters. The van der Waals surface area contributed by atoms with E-state index in [0.29, 0.717) is 17.3 Å². The van der Waals surface area contributed by atoms with Crippen molar-refractivity contribution in [1.29, 1.82) is 0 Å². The van der Waals surface area contributed by atoms with Crippen LogP contribution in [0, 0.1) is 0 Å². The van der Waals surface area contributed by atoms with Gasteiger partial charge >= 0.3 is 0 Å². The van der Waals surface area contributed by atoms with Crippen molar-refractivity contribution < 1.29 is 0 Å². The van der Waals surface area contributed by atoms with Gasteiger partial charge in [0, 0.05) is 51.2 Å². The lowest BCUT2D eigenvalue weighted by Gasteiger charge is -2.41. The van der Waals surface area contributed by atoms with Gasteiger partial charge in [-0.05, 0) is 25.1 Å². The Morgan fingerprint density at radius 3 is 2.70 bits per heavy atom. The third kappa shape index (κ3) is 3.38. The maximum absolute atomic E-state index is 12.5. The molecule has 4 rings (SSSR count). The van der Waals surface area contributed by atoms with E-state index < -0.39 is 0 Å². The minimum Gasteiger partial charge on any atom is -0.366 e. The largest absolute Gasteiger partial charge is 0.366 e. The van der Waals surface area contributed by atoms with E-state index in [0.717, 1.165) is 25.3 Å². The lowest BCUT2D eigenvalue weighted by Crippen LogP contribution is -2.53. The summed E-state index contributed by atoms with van der Waals surface area (Å²) in [5, 5.41) is 0. The first-order valence-corrected chi connectivity index (χ1v) is 8.89. The molecule has 138 valence electrons. The van der Waals surface area contributed by atoms with Gasteiger partial charge < -0.3 is 9.80 Å². The zero-order chi connectivity index (χ0) is 18.8. The van der Waals surface area contributed by atoms with Crippen LogP contribution >= 0.6 is 0 Å². The summed E-state index contributed by atoms with van der Waals surface area (Å²) in [7, 11) is 1.76. The predicted octanol–water partition coefficient (Wildman–Crippen LogP) is 1.35. The number of hydrogen-bond donors (Lipinski definition) is 0. The maximum Gasteiger partial charge on any atom is 0.255 e. The molecule has 0 bridgehead atoms. The van der Waals surface area contributed by atoms with Crippen LogP contribution in [-0.2, 0) is 7.05 Å². The Morgan fingerprint density at radius 2 is 2.00 bits per heavy atom. The Hall–Kier alpha value is -3.29. The summed E-state index contributed by atoms with van der Waals surface area (Å²) >= 11 is 0. The Labute approximate surface area is 157 Å². The van der Waals surface area contributed by atoms with Crippen molar-refractivity contribution in [2.75, 3.05) is 29.4 Å². The topological polar surface area (TPSA) is 80.0 Å². The number of rotatable bonds is 3. The SMILES string of the molecule is C[C@@H]1CN(c2cccnc2)CCN1c1nc(-c2ccncn2)cc(=O)n1C. The van der Waals surface area contributed by atoms with Crippen molar-refractivity contribution >= 4 is 11.6 Å². The summed E-state index contributed by atoms with van der Waals surface area (Å²) in [5.74, 6) is 0.662. The van der Waals surface area contributed by atoms with Crippen LogP contribution < -0.4 is 15.4 Å². The van der Waals surface area contributed by atoms with Gasteiger partial charge in [-0.1, -0.05) is 0 Å². The molecule has 0 amide bonds. The van der Waals surface area contributed by atoms with Crippen LogP contribution in [0.15, 0.2) is 54.0 Å². The summed E-state index contributed by atoms with van der Waals surface area (Å²) in [6.45, 7) is 4.58. The Morgan fingerprint density at radius 1 is 1.11 bits per heavy atom. The molecule has 1 atom stereocenters. The number of hydrogen-bond acceptors (Lipinski definition) is 7. The van der Waals surface area contributed by atoms with Gasteiger partial charge in [0.25, 0.3) is 5.56 Å².